The smallest absolute Gasteiger partial charge is 0.108 e. The quantitative estimate of drug-likeness (QED) is 0.452. The molecule has 4 heteroatoms. The van der Waals surface area contributed by atoms with Crippen LogP contribution in [0.4, 0.5) is 0 Å². The molecule has 0 aromatic rings. The Hall–Kier alpha value is -0.160. The number of aliphatic hydroxyl groups excluding tert-OH is 3. The lowest BCUT2D eigenvalue weighted by Crippen LogP contribution is -2.62. The van der Waals surface area contributed by atoms with Crippen LogP contribution in [0.2, 0.25) is 0 Å². The third-order valence-electron chi connectivity index (χ3n) is 3.22. The van der Waals surface area contributed by atoms with E-state index in [1.165, 1.54) is 0 Å². The first-order chi connectivity index (χ1) is 6.20. The van der Waals surface area contributed by atoms with Crippen LogP contribution >= 0.6 is 0 Å². The molecule has 2 fully saturated rings. The summed E-state index contributed by atoms with van der Waals surface area (Å²) in [5.74, 6) is 0. The topological polar surface area (TPSA) is 63.9 Å². The van der Waals surface area contributed by atoms with E-state index in [0.29, 0.717) is 6.54 Å². The highest BCUT2D eigenvalue weighted by molar-refractivity contribution is 4.95. The molecule has 0 aromatic heterocycles. The van der Waals surface area contributed by atoms with Gasteiger partial charge >= 0.3 is 0 Å². The zero-order valence-corrected chi connectivity index (χ0v) is 7.63. The molecule has 4 atom stereocenters. The maximum Gasteiger partial charge on any atom is 0.108 e. The lowest BCUT2D eigenvalue weighted by molar-refractivity contribution is -0.144. The molecule has 4 nitrogen and oxygen atoms in total. The largest absolute Gasteiger partial charge is 0.389 e. The minimum atomic E-state index is -0.959. The molecule has 1 unspecified atom stereocenters. The lowest BCUT2D eigenvalue weighted by Gasteiger charge is -2.46. The summed E-state index contributed by atoms with van der Waals surface area (Å²) in [5.41, 5.74) is 0. The number of hydrogen-bond acceptors (Lipinski definition) is 4. The van der Waals surface area contributed by atoms with Crippen LogP contribution in [-0.2, 0) is 0 Å². The monoisotopic (exact) mass is 187 g/mol. The van der Waals surface area contributed by atoms with E-state index in [1.54, 1.807) is 0 Å². The second-order valence-electron chi connectivity index (χ2n) is 4.11. The van der Waals surface area contributed by atoms with Crippen LogP contribution in [0.3, 0.4) is 0 Å². The summed E-state index contributed by atoms with van der Waals surface area (Å²) in [6.45, 7) is 1.44. The summed E-state index contributed by atoms with van der Waals surface area (Å²) in [6, 6.07) is 0.0622. The van der Waals surface area contributed by atoms with Gasteiger partial charge in [-0.05, 0) is 19.4 Å². The van der Waals surface area contributed by atoms with Crippen LogP contribution < -0.4 is 0 Å². The Kier molecular flexibility index (Phi) is 2.55. The highest BCUT2D eigenvalue weighted by atomic mass is 16.4. The van der Waals surface area contributed by atoms with Gasteiger partial charge in [0.05, 0.1) is 12.2 Å². The molecule has 0 bridgehead atoms. The van der Waals surface area contributed by atoms with E-state index < -0.39 is 18.3 Å². The number of rotatable bonds is 0. The summed E-state index contributed by atoms with van der Waals surface area (Å²) in [5, 5.41) is 28.6. The summed E-state index contributed by atoms with van der Waals surface area (Å²) in [7, 11) is 0. The molecule has 2 heterocycles. The van der Waals surface area contributed by atoms with Gasteiger partial charge in [-0.1, -0.05) is 6.42 Å². The Labute approximate surface area is 77.8 Å². The number of fused-ring (bicyclic) bond motifs is 1. The van der Waals surface area contributed by atoms with E-state index in [-0.39, 0.29) is 6.04 Å². The molecule has 2 aliphatic rings. The molecular weight excluding hydrogens is 170 g/mol. The van der Waals surface area contributed by atoms with Crippen molar-refractivity contribution in [2.75, 3.05) is 13.1 Å². The van der Waals surface area contributed by atoms with Crippen LogP contribution in [0, 0.1) is 0 Å². The zero-order chi connectivity index (χ0) is 9.42. The highest BCUT2D eigenvalue weighted by Gasteiger charge is 2.41. The summed E-state index contributed by atoms with van der Waals surface area (Å²) < 4.78 is 0. The van der Waals surface area contributed by atoms with Gasteiger partial charge in [0, 0.05) is 12.6 Å². The molecule has 0 spiro atoms. The number of hydrogen-bond donors (Lipinski definition) is 3. The minimum Gasteiger partial charge on any atom is -0.389 e. The Morgan fingerprint density at radius 3 is 2.54 bits per heavy atom. The molecule has 0 saturated carbocycles. The predicted octanol–water partition coefficient (Wildman–Crippen LogP) is -1.06. The Morgan fingerprint density at radius 1 is 1.00 bits per heavy atom. The first kappa shape index (κ1) is 9.40. The van der Waals surface area contributed by atoms with Crippen molar-refractivity contribution in [1.82, 2.24) is 4.90 Å². The summed E-state index contributed by atoms with van der Waals surface area (Å²) >= 11 is 0. The maximum absolute atomic E-state index is 9.69. The average Bonchev–Trinajstić information content (AvgIpc) is 2.15. The van der Waals surface area contributed by atoms with Crippen molar-refractivity contribution in [3.8, 4) is 0 Å². The molecule has 0 aliphatic carbocycles. The molecule has 2 rings (SSSR count). The molecule has 2 saturated heterocycles. The van der Waals surface area contributed by atoms with E-state index in [2.05, 4.69) is 4.90 Å². The van der Waals surface area contributed by atoms with E-state index in [0.717, 1.165) is 25.8 Å². The van der Waals surface area contributed by atoms with Crippen molar-refractivity contribution in [2.45, 2.75) is 43.6 Å². The summed E-state index contributed by atoms with van der Waals surface area (Å²) in [6.07, 6.45) is 0.658. The zero-order valence-electron chi connectivity index (χ0n) is 7.63. The molecule has 3 N–H and O–H groups in total. The first-order valence-electron chi connectivity index (χ1n) is 4.98. The fourth-order valence-electron chi connectivity index (χ4n) is 2.43. The fourth-order valence-corrected chi connectivity index (χ4v) is 2.43. The van der Waals surface area contributed by atoms with Gasteiger partial charge in [0.15, 0.2) is 0 Å². The molecule has 0 amide bonds. The van der Waals surface area contributed by atoms with Gasteiger partial charge < -0.3 is 15.3 Å². The van der Waals surface area contributed by atoms with Gasteiger partial charge in [0.1, 0.15) is 6.10 Å². The molecule has 2 aliphatic heterocycles. The number of nitrogens with zero attached hydrogens (tertiary/aromatic N) is 1. The van der Waals surface area contributed by atoms with Gasteiger partial charge in [-0.2, -0.15) is 0 Å². The van der Waals surface area contributed by atoms with Crippen LogP contribution in [-0.4, -0.2) is 57.7 Å². The van der Waals surface area contributed by atoms with Crippen molar-refractivity contribution in [3.05, 3.63) is 0 Å². The van der Waals surface area contributed by atoms with Crippen molar-refractivity contribution in [2.24, 2.45) is 0 Å². The van der Waals surface area contributed by atoms with E-state index >= 15 is 0 Å². The second kappa shape index (κ2) is 3.53. The van der Waals surface area contributed by atoms with Crippen LogP contribution in [0.25, 0.3) is 0 Å². The number of aliphatic hydroxyl groups is 3. The Balaban J connectivity index is 2.08. The lowest BCUT2D eigenvalue weighted by atomic mass is 9.88. The van der Waals surface area contributed by atoms with E-state index in [4.69, 9.17) is 0 Å². The van der Waals surface area contributed by atoms with Crippen LogP contribution in [0.1, 0.15) is 19.3 Å². The number of piperidine rings is 2. The predicted molar refractivity (Wildman–Crippen MR) is 47.2 cm³/mol. The van der Waals surface area contributed by atoms with Crippen molar-refractivity contribution in [3.63, 3.8) is 0 Å². The van der Waals surface area contributed by atoms with Crippen molar-refractivity contribution < 1.29 is 15.3 Å². The molecule has 76 valence electrons. The van der Waals surface area contributed by atoms with Crippen molar-refractivity contribution in [1.29, 1.82) is 0 Å². The molecule has 13 heavy (non-hydrogen) atoms. The SMILES string of the molecule is O[C@@H]1[C@H](O)CN2CCCCC2[C@H]1O. The molecule has 0 aromatic carbocycles. The molecular formula is C9H17NO3. The van der Waals surface area contributed by atoms with Gasteiger partial charge in [-0.25, -0.2) is 0 Å². The first-order valence-corrected chi connectivity index (χ1v) is 4.98. The van der Waals surface area contributed by atoms with Gasteiger partial charge in [0.2, 0.25) is 0 Å². The normalized spacial score (nSPS) is 47.3. The maximum atomic E-state index is 9.69. The van der Waals surface area contributed by atoms with Gasteiger partial charge in [-0.15, -0.1) is 0 Å². The second-order valence-corrected chi connectivity index (χ2v) is 4.11. The van der Waals surface area contributed by atoms with Crippen molar-refractivity contribution >= 4 is 0 Å². The minimum absolute atomic E-state index is 0.0622. The van der Waals surface area contributed by atoms with E-state index in [1.807, 2.05) is 0 Å². The summed E-state index contributed by atoms with van der Waals surface area (Å²) in [4.78, 5) is 2.09. The molecule has 0 radical (unpaired) electrons. The third-order valence-corrected chi connectivity index (χ3v) is 3.22. The average molecular weight is 187 g/mol. The van der Waals surface area contributed by atoms with E-state index in [9.17, 15) is 15.3 Å². The third kappa shape index (κ3) is 1.59. The highest BCUT2D eigenvalue weighted by Crippen LogP contribution is 2.26. The Bertz CT molecular complexity index is 186. The standard InChI is InChI=1S/C9H17NO3/c11-7-5-10-4-2-1-3-6(10)8(12)9(7)13/h6-9,11-13H,1-5H2/t6?,7-,8-,9-/m1/s1. The van der Waals surface area contributed by atoms with Gasteiger partial charge in [-0.3, -0.25) is 4.90 Å². The fraction of sp³-hybridized carbons (Fsp3) is 1.00. The Morgan fingerprint density at radius 2 is 1.77 bits per heavy atom. The van der Waals surface area contributed by atoms with Gasteiger partial charge in [0.25, 0.3) is 0 Å². The van der Waals surface area contributed by atoms with Crippen LogP contribution in [0.5, 0.6) is 0 Å². The van der Waals surface area contributed by atoms with Crippen LogP contribution in [0.15, 0.2) is 0 Å².